The molecular formula is C26H30N4O. The number of aliphatic imine (C=N–C) groups is 1. The molecule has 3 aromatic rings. The van der Waals surface area contributed by atoms with E-state index in [1.807, 2.05) is 18.2 Å². The Bertz CT molecular complexity index is 995. The number of allylic oxidation sites excluding steroid dienone is 1. The van der Waals surface area contributed by atoms with E-state index in [0.717, 1.165) is 55.9 Å². The van der Waals surface area contributed by atoms with Gasteiger partial charge in [-0.2, -0.15) is 0 Å². The average Bonchev–Trinajstić information content (AvgIpc) is 3.35. The van der Waals surface area contributed by atoms with E-state index in [4.69, 9.17) is 10.2 Å². The fourth-order valence-electron chi connectivity index (χ4n) is 3.72. The molecule has 0 fully saturated rings. The summed E-state index contributed by atoms with van der Waals surface area (Å²) in [5, 5.41) is 3.49. The zero-order chi connectivity index (χ0) is 21.3. The summed E-state index contributed by atoms with van der Waals surface area (Å²) in [7, 11) is 0. The van der Waals surface area contributed by atoms with Gasteiger partial charge in [-0.15, -0.1) is 0 Å². The van der Waals surface area contributed by atoms with Gasteiger partial charge in [-0.3, -0.25) is 10.7 Å². The number of rotatable bonds is 10. The fourth-order valence-corrected chi connectivity index (χ4v) is 3.72. The molecule has 0 saturated heterocycles. The van der Waals surface area contributed by atoms with Gasteiger partial charge in [0.25, 0.3) is 0 Å². The average molecular weight is 415 g/mol. The van der Waals surface area contributed by atoms with Crippen LogP contribution in [0.1, 0.15) is 17.5 Å². The minimum Gasteiger partial charge on any atom is -0.464 e. The molecule has 2 aromatic carbocycles. The minimum absolute atomic E-state index is 0.314. The van der Waals surface area contributed by atoms with Gasteiger partial charge in [0.05, 0.1) is 6.26 Å². The molecule has 0 aliphatic carbocycles. The third-order valence-electron chi connectivity index (χ3n) is 5.48. The zero-order valence-electron chi connectivity index (χ0n) is 17.8. The Kier molecular flexibility index (Phi) is 7.32. The summed E-state index contributed by atoms with van der Waals surface area (Å²) >= 11 is 0. The Morgan fingerprint density at radius 3 is 2.58 bits per heavy atom. The maximum absolute atomic E-state index is 6.28. The van der Waals surface area contributed by atoms with Crippen molar-refractivity contribution in [1.29, 1.82) is 0 Å². The molecule has 1 atom stereocenters. The summed E-state index contributed by atoms with van der Waals surface area (Å²) < 4.78 is 5.50. The second kappa shape index (κ2) is 10.8. The Morgan fingerprint density at radius 2 is 1.77 bits per heavy atom. The standard InChI is InChI=1S/C26H30N4O/c27-26-29-24(12-11-22-8-4-9-23(20-22)25-10-5-19-31-25)14-17-30(26)18-16-28-15-13-21-6-2-1-3-7-21/h1-10,14,17,19-20,26,28H,11-13,15-16,18,27H2. The predicted octanol–water partition coefficient (Wildman–Crippen LogP) is 4.22. The van der Waals surface area contributed by atoms with Crippen LogP contribution in [0.3, 0.4) is 0 Å². The number of nitrogens with one attached hydrogen (secondary N) is 1. The van der Waals surface area contributed by atoms with Gasteiger partial charge in [-0.25, -0.2) is 0 Å². The number of hydrogen-bond donors (Lipinski definition) is 2. The molecule has 3 N–H and O–H groups in total. The number of furan rings is 1. The van der Waals surface area contributed by atoms with Gasteiger partial charge in [-0.1, -0.05) is 48.5 Å². The van der Waals surface area contributed by atoms with Crippen molar-refractivity contribution in [2.45, 2.75) is 25.6 Å². The van der Waals surface area contributed by atoms with Crippen LogP contribution in [0.25, 0.3) is 11.3 Å². The van der Waals surface area contributed by atoms with Crippen LogP contribution in [0.5, 0.6) is 0 Å². The molecule has 4 rings (SSSR count). The number of aryl methyl sites for hydroxylation is 1. The highest BCUT2D eigenvalue weighted by atomic mass is 16.3. The maximum atomic E-state index is 6.28. The van der Waals surface area contributed by atoms with E-state index in [-0.39, 0.29) is 6.29 Å². The lowest BCUT2D eigenvalue weighted by molar-refractivity contribution is 0.285. The molecule has 1 aromatic heterocycles. The normalized spacial score (nSPS) is 15.8. The molecule has 0 saturated carbocycles. The third kappa shape index (κ3) is 6.17. The van der Waals surface area contributed by atoms with Crippen molar-refractivity contribution < 1.29 is 4.42 Å². The highest BCUT2D eigenvalue weighted by Gasteiger charge is 2.14. The van der Waals surface area contributed by atoms with Crippen molar-refractivity contribution in [2.24, 2.45) is 10.7 Å². The topological polar surface area (TPSA) is 66.8 Å². The summed E-state index contributed by atoms with van der Waals surface area (Å²) in [6.45, 7) is 2.69. The third-order valence-corrected chi connectivity index (χ3v) is 5.48. The predicted molar refractivity (Wildman–Crippen MR) is 127 cm³/mol. The monoisotopic (exact) mass is 414 g/mol. The second-order valence-corrected chi connectivity index (χ2v) is 7.75. The van der Waals surface area contributed by atoms with Gasteiger partial charge >= 0.3 is 0 Å². The van der Waals surface area contributed by atoms with Crippen LogP contribution in [-0.4, -0.2) is 36.5 Å². The molecule has 31 heavy (non-hydrogen) atoms. The maximum Gasteiger partial charge on any atom is 0.173 e. The molecule has 5 nitrogen and oxygen atoms in total. The van der Waals surface area contributed by atoms with Crippen LogP contribution in [0.4, 0.5) is 0 Å². The molecule has 5 heteroatoms. The van der Waals surface area contributed by atoms with Gasteiger partial charge in [-0.05, 0) is 61.2 Å². The van der Waals surface area contributed by atoms with E-state index in [0.29, 0.717) is 0 Å². The van der Waals surface area contributed by atoms with Crippen LogP contribution in [0, 0.1) is 0 Å². The highest BCUT2D eigenvalue weighted by molar-refractivity contribution is 5.95. The van der Waals surface area contributed by atoms with E-state index in [2.05, 4.69) is 76.0 Å². The van der Waals surface area contributed by atoms with Crippen molar-refractivity contribution in [3.63, 3.8) is 0 Å². The lowest BCUT2D eigenvalue weighted by Crippen LogP contribution is -2.43. The van der Waals surface area contributed by atoms with Gasteiger partial charge in [0.2, 0.25) is 0 Å². The first-order chi connectivity index (χ1) is 15.3. The number of nitrogens with two attached hydrogens (primary N) is 1. The first kappa shape index (κ1) is 21.1. The summed E-state index contributed by atoms with van der Waals surface area (Å²) in [5.41, 5.74) is 11.1. The second-order valence-electron chi connectivity index (χ2n) is 7.75. The van der Waals surface area contributed by atoms with Gasteiger partial charge < -0.3 is 14.6 Å². The summed E-state index contributed by atoms with van der Waals surface area (Å²) in [4.78, 5) is 6.76. The van der Waals surface area contributed by atoms with E-state index in [9.17, 15) is 0 Å². The molecule has 0 spiro atoms. The number of nitrogens with zero attached hydrogens (tertiary/aromatic N) is 2. The van der Waals surface area contributed by atoms with Crippen LogP contribution >= 0.6 is 0 Å². The van der Waals surface area contributed by atoms with Crippen molar-refractivity contribution in [2.75, 3.05) is 19.6 Å². The Morgan fingerprint density at radius 1 is 0.903 bits per heavy atom. The van der Waals surface area contributed by atoms with E-state index in [1.54, 1.807) is 6.26 Å². The van der Waals surface area contributed by atoms with Crippen LogP contribution in [0.15, 0.2) is 94.7 Å². The number of benzene rings is 2. The molecule has 0 amide bonds. The zero-order valence-corrected chi connectivity index (χ0v) is 17.8. The van der Waals surface area contributed by atoms with Crippen molar-refractivity contribution in [3.05, 3.63) is 96.4 Å². The molecule has 2 heterocycles. The van der Waals surface area contributed by atoms with Crippen LogP contribution in [0.2, 0.25) is 0 Å². The van der Waals surface area contributed by atoms with Crippen molar-refractivity contribution in [1.82, 2.24) is 10.2 Å². The molecule has 1 unspecified atom stereocenters. The Balaban J connectivity index is 1.19. The summed E-state index contributed by atoms with van der Waals surface area (Å²) in [6.07, 6.45) is 8.38. The molecular weight excluding hydrogens is 384 g/mol. The van der Waals surface area contributed by atoms with E-state index < -0.39 is 0 Å². The Hall–Kier alpha value is -3.15. The molecule has 1 aliphatic heterocycles. The van der Waals surface area contributed by atoms with Crippen LogP contribution < -0.4 is 11.1 Å². The SMILES string of the molecule is NC1N=C(CCc2cccc(-c3ccco3)c2)C=CN1CCNCCc1ccccc1. The molecule has 1 aliphatic rings. The molecule has 160 valence electrons. The lowest BCUT2D eigenvalue weighted by Gasteiger charge is -2.28. The smallest absolute Gasteiger partial charge is 0.173 e. The van der Waals surface area contributed by atoms with Gasteiger partial charge in [0.1, 0.15) is 5.76 Å². The summed E-state index contributed by atoms with van der Waals surface area (Å²) in [6, 6.07) is 22.9. The fraction of sp³-hybridized carbons (Fsp3) is 0.269. The lowest BCUT2D eigenvalue weighted by atomic mass is 10.0. The minimum atomic E-state index is -0.314. The van der Waals surface area contributed by atoms with Crippen molar-refractivity contribution in [3.8, 4) is 11.3 Å². The molecule has 0 bridgehead atoms. The molecule has 0 radical (unpaired) electrons. The quantitative estimate of drug-likeness (QED) is 0.488. The van der Waals surface area contributed by atoms with Crippen LogP contribution in [-0.2, 0) is 12.8 Å². The van der Waals surface area contributed by atoms with Crippen molar-refractivity contribution >= 4 is 5.71 Å². The number of hydrogen-bond acceptors (Lipinski definition) is 5. The van der Waals surface area contributed by atoms with Gasteiger partial charge in [0.15, 0.2) is 6.29 Å². The summed E-state index contributed by atoms with van der Waals surface area (Å²) in [5.74, 6) is 0.895. The Labute approximate surface area is 184 Å². The largest absolute Gasteiger partial charge is 0.464 e. The highest BCUT2D eigenvalue weighted by Crippen LogP contribution is 2.21. The first-order valence-corrected chi connectivity index (χ1v) is 10.9. The van der Waals surface area contributed by atoms with E-state index >= 15 is 0 Å². The van der Waals surface area contributed by atoms with E-state index in [1.165, 1.54) is 11.1 Å². The van der Waals surface area contributed by atoms with Gasteiger partial charge in [0, 0.05) is 30.6 Å². The first-order valence-electron chi connectivity index (χ1n) is 10.9.